The number of hydrogen-bond donors (Lipinski definition) is 0. The average Bonchev–Trinajstić information content (AvgIpc) is 3.79. The maximum Gasteiger partial charge on any atom is 0.243 e. The number of carbonyl (C=O) groups excluding carboxylic acids is 1. The Hall–Kier alpha value is -3.90. The Kier molecular flexibility index (Phi) is 34.1. The van der Waals surface area contributed by atoms with Gasteiger partial charge in [-0.2, -0.15) is 0 Å². The molecule has 10 nitrogen and oxygen atoms in total. The van der Waals surface area contributed by atoms with Crippen molar-refractivity contribution in [3.8, 4) is 0 Å². The Bertz CT molecular complexity index is 1060. The molecule has 0 aromatic carbocycles. The molecule has 0 saturated heterocycles. The van der Waals surface area contributed by atoms with E-state index in [9.17, 15) is 0 Å². The molecule has 0 bridgehead atoms. The summed E-state index contributed by atoms with van der Waals surface area (Å²) in [4.78, 5) is 8.89. The van der Waals surface area contributed by atoms with Crippen LogP contribution in [0.25, 0.3) is 0 Å². The van der Waals surface area contributed by atoms with Crippen molar-refractivity contribution in [1.29, 1.82) is 0 Å². The maximum atomic E-state index is 8.89. The fraction of sp³-hybridized carbons (Fsp3) is 0.618. The van der Waals surface area contributed by atoms with Gasteiger partial charge in [0.05, 0.1) is 54.4 Å². The second-order valence-electron chi connectivity index (χ2n) is 11.2. The molecule has 0 spiro atoms. The zero-order valence-corrected chi connectivity index (χ0v) is 30.4. The molecule has 4 aromatic heterocycles. The number of imidazole rings is 4. The number of carboxylic acid groups (broad SMARTS) is 1. The highest BCUT2D eigenvalue weighted by Crippen LogP contribution is 1.94. The second-order valence-corrected chi connectivity index (χ2v) is 11.2. The third kappa shape index (κ3) is 29.3. The molecular formula is C34H63F3N8O2. The first-order valence-electron chi connectivity index (χ1n) is 16.3. The molecule has 0 amide bonds. The molecular weight excluding hydrogens is 609 g/mol. The topological polar surface area (TPSA) is 75.4 Å². The van der Waals surface area contributed by atoms with E-state index in [0.717, 1.165) is 33.1 Å². The lowest BCUT2D eigenvalue weighted by molar-refractivity contribution is -0.671. The lowest BCUT2D eigenvalue weighted by atomic mass is 10.3. The highest BCUT2D eigenvalue weighted by Gasteiger charge is 1.99. The van der Waals surface area contributed by atoms with Gasteiger partial charge in [0.1, 0.15) is 49.6 Å². The fourth-order valence-corrected chi connectivity index (χ4v) is 3.90. The quantitative estimate of drug-likeness (QED) is 0.141. The highest BCUT2D eigenvalue weighted by molar-refractivity contribution is 5.60. The van der Waals surface area contributed by atoms with Crippen LogP contribution in [0, 0.1) is 0 Å². The molecule has 0 aliphatic heterocycles. The molecule has 0 fully saturated rings. The number of hydrogen-bond acceptors (Lipinski definition) is 2. The largest absolute Gasteiger partial charge is 1.00 e. The van der Waals surface area contributed by atoms with Gasteiger partial charge >= 0.3 is 0 Å². The lowest BCUT2D eigenvalue weighted by Gasteiger charge is -1.90. The van der Waals surface area contributed by atoms with Crippen LogP contribution < -0.4 is 37.5 Å². The first kappa shape index (κ1) is 50.0. The molecule has 4 heterocycles. The first-order valence-corrected chi connectivity index (χ1v) is 16.3. The molecule has 0 aliphatic rings. The fourth-order valence-electron chi connectivity index (χ4n) is 3.90. The van der Waals surface area contributed by atoms with Crippen molar-refractivity contribution < 1.29 is 42.3 Å². The predicted octanol–water partition coefficient (Wildman–Crippen LogP) is -5.78. The van der Waals surface area contributed by atoms with E-state index in [1.807, 2.05) is 28.2 Å². The molecule has 13 heteroatoms. The van der Waals surface area contributed by atoms with Crippen LogP contribution in [0.15, 0.2) is 74.9 Å². The van der Waals surface area contributed by atoms with Crippen LogP contribution in [0.1, 0.15) is 86.0 Å². The Labute approximate surface area is 281 Å². The van der Waals surface area contributed by atoms with Crippen molar-refractivity contribution in [2.75, 3.05) is 0 Å². The molecule has 4 rings (SSSR count). The van der Waals surface area contributed by atoms with E-state index in [1.165, 1.54) is 51.4 Å². The summed E-state index contributed by atoms with van der Waals surface area (Å²) in [7, 11) is 8.18. The van der Waals surface area contributed by atoms with Crippen molar-refractivity contribution in [3.05, 3.63) is 74.9 Å². The number of aryl methyl sites for hydroxylation is 8. The van der Waals surface area contributed by atoms with Crippen LogP contribution in [-0.2, 0) is 59.2 Å². The van der Waals surface area contributed by atoms with Gasteiger partial charge < -0.3 is 24.0 Å². The van der Waals surface area contributed by atoms with Gasteiger partial charge in [-0.15, -0.1) is 0 Å². The van der Waals surface area contributed by atoms with Gasteiger partial charge in [-0.1, -0.05) is 53.4 Å². The number of rotatable bonds is 12. The Morgan fingerprint density at radius 3 is 0.766 bits per heavy atom. The van der Waals surface area contributed by atoms with Gasteiger partial charge in [0.25, 0.3) is 0 Å². The molecule has 0 saturated carbocycles. The number of nitrogens with zero attached hydrogens (tertiary/aromatic N) is 8. The molecule has 272 valence electrons. The van der Waals surface area contributed by atoms with Gasteiger partial charge in [0.2, 0.25) is 25.3 Å². The minimum Gasteiger partial charge on any atom is -1.00 e. The predicted molar refractivity (Wildman–Crippen MR) is 173 cm³/mol. The maximum absolute atomic E-state index is 8.89. The first-order chi connectivity index (χ1) is 21.0. The lowest BCUT2D eigenvalue weighted by Crippen LogP contribution is -3.00. The minimum absolute atomic E-state index is 0. The highest BCUT2D eigenvalue weighted by atomic mass is 19.0. The van der Waals surface area contributed by atoms with Crippen molar-refractivity contribution in [3.63, 3.8) is 0 Å². The van der Waals surface area contributed by atoms with E-state index in [0.29, 0.717) is 0 Å². The molecule has 0 unspecified atom stereocenters. The summed E-state index contributed by atoms with van der Waals surface area (Å²) in [6.07, 6.45) is 35.3. The number of carbonyl (C=O) groups is 1. The third-order valence-electron chi connectivity index (χ3n) is 6.37. The van der Waals surface area contributed by atoms with Crippen LogP contribution >= 0.6 is 0 Å². The smallest absolute Gasteiger partial charge is 0.243 e. The van der Waals surface area contributed by atoms with E-state index in [-0.39, 0.29) is 14.1 Å². The van der Waals surface area contributed by atoms with Crippen LogP contribution in [0.2, 0.25) is 0 Å². The summed E-state index contributed by atoms with van der Waals surface area (Å²) in [6, 6.07) is 0. The molecule has 0 N–H and O–H groups in total. The summed E-state index contributed by atoms with van der Waals surface area (Å²) in [5, 5.41) is 8.89. The number of carboxylic acids is 1. The Balaban J connectivity index is -0.000000247. The molecule has 0 atom stereocenters. The number of aliphatic carboxylic acids is 1. The molecule has 0 radical (unpaired) electrons. The standard InChI is InChI=1S/4C8H15N2.C2H4O2.3FH/c4*1-3-4-5-10-7-6-9(2)8-10;1-2(3)4;;;/h4*6-8H,3-5H2,1-2H3;1H3,(H,3,4);3*1H/q4*+1;;;;/p-4. The monoisotopic (exact) mass is 673 g/mol. The van der Waals surface area contributed by atoms with E-state index in [1.54, 1.807) is 0 Å². The van der Waals surface area contributed by atoms with E-state index >= 15 is 0 Å². The Morgan fingerprint density at radius 1 is 0.489 bits per heavy atom. The Morgan fingerprint density at radius 2 is 0.660 bits per heavy atom. The van der Waals surface area contributed by atoms with Gasteiger partial charge in [-0.05, 0) is 32.6 Å². The normalized spacial score (nSPS) is 9.21. The second kappa shape index (κ2) is 32.1. The van der Waals surface area contributed by atoms with Crippen LogP contribution in [0.4, 0.5) is 0 Å². The van der Waals surface area contributed by atoms with Gasteiger partial charge in [0.15, 0.2) is 0 Å². The summed E-state index contributed by atoms with van der Waals surface area (Å²) in [6.45, 7) is 14.4. The van der Waals surface area contributed by atoms with Crippen molar-refractivity contribution >= 4 is 5.97 Å². The van der Waals surface area contributed by atoms with E-state index in [4.69, 9.17) is 9.90 Å². The van der Waals surface area contributed by atoms with Gasteiger partial charge in [-0.25, -0.2) is 36.5 Å². The molecule has 0 aliphatic carbocycles. The van der Waals surface area contributed by atoms with E-state index in [2.05, 4.69) is 139 Å². The van der Waals surface area contributed by atoms with Crippen LogP contribution in [-0.4, -0.2) is 24.2 Å². The van der Waals surface area contributed by atoms with Crippen molar-refractivity contribution in [1.82, 2.24) is 18.3 Å². The molecule has 4 aromatic rings. The molecule has 47 heavy (non-hydrogen) atoms. The third-order valence-corrected chi connectivity index (χ3v) is 6.37. The van der Waals surface area contributed by atoms with Crippen LogP contribution in [0.5, 0.6) is 0 Å². The van der Waals surface area contributed by atoms with Crippen molar-refractivity contribution in [2.45, 2.75) is 112 Å². The zero-order valence-electron chi connectivity index (χ0n) is 30.4. The minimum atomic E-state index is -1.08. The van der Waals surface area contributed by atoms with E-state index < -0.39 is 5.97 Å². The van der Waals surface area contributed by atoms with Gasteiger partial charge in [0, 0.05) is 5.97 Å². The SMILES string of the molecule is CC(=O)[O-].CCCCn1cc[n+](C)c1.CCCCn1cc[n+](C)c1.CCCCn1cc[n+](C)c1.CCCCn1cc[n+](C)c1.[F-].[F-].[F-]. The summed E-state index contributed by atoms with van der Waals surface area (Å²) < 4.78 is 17.1. The van der Waals surface area contributed by atoms with Gasteiger partial charge in [-0.3, -0.25) is 0 Å². The number of halogens is 3. The van der Waals surface area contributed by atoms with Crippen LogP contribution in [0.3, 0.4) is 0 Å². The number of aromatic nitrogens is 8. The van der Waals surface area contributed by atoms with Crippen molar-refractivity contribution in [2.24, 2.45) is 28.2 Å². The zero-order chi connectivity index (χ0) is 33.2. The summed E-state index contributed by atoms with van der Waals surface area (Å²) >= 11 is 0. The number of unbranched alkanes of at least 4 members (excludes halogenated alkanes) is 4. The average molecular weight is 673 g/mol. The summed E-state index contributed by atoms with van der Waals surface area (Å²) in [5.41, 5.74) is 0. The summed E-state index contributed by atoms with van der Waals surface area (Å²) in [5.74, 6) is -1.08.